The molecule has 2 aromatic rings. The second kappa shape index (κ2) is 12.2. The third kappa shape index (κ3) is 7.30. The lowest BCUT2D eigenvalue weighted by Gasteiger charge is -2.27. The van der Waals surface area contributed by atoms with Gasteiger partial charge in [-0.1, -0.05) is 17.7 Å². The molecule has 2 N–H and O–H groups in total. The first-order valence-electron chi connectivity index (χ1n) is 9.85. The maximum atomic E-state index is 12.7. The van der Waals surface area contributed by atoms with E-state index >= 15 is 0 Å². The molecule has 1 aromatic heterocycles. The Kier molecular flexibility index (Phi) is 9.94. The summed E-state index contributed by atoms with van der Waals surface area (Å²) in [5.41, 5.74) is 2.69. The van der Waals surface area contributed by atoms with Crippen molar-refractivity contribution in [2.24, 2.45) is 4.99 Å². The van der Waals surface area contributed by atoms with E-state index in [4.69, 9.17) is 0 Å². The summed E-state index contributed by atoms with van der Waals surface area (Å²) >= 11 is 1.73. The molecular weight excluding hydrogens is 537 g/mol. The van der Waals surface area contributed by atoms with Gasteiger partial charge in [-0.05, 0) is 43.3 Å². The van der Waals surface area contributed by atoms with Crippen LogP contribution in [0.25, 0.3) is 0 Å². The molecule has 0 saturated carbocycles. The summed E-state index contributed by atoms with van der Waals surface area (Å²) in [6.07, 6.45) is 0.882. The predicted molar refractivity (Wildman–Crippen MR) is 129 cm³/mol. The van der Waals surface area contributed by atoms with Crippen LogP contribution in [0.1, 0.15) is 28.5 Å². The van der Waals surface area contributed by atoms with Crippen molar-refractivity contribution in [3.63, 3.8) is 0 Å². The van der Waals surface area contributed by atoms with Crippen molar-refractivity contribution >= 4 is 47.2 Å². The van der Waals surface area contributed by atoms with Crippen molar-refractivity contribution in [2.75, 3.05) is 19.6 Å². The maximum absolute atomic E-state index is 12.7. The first-order chi connectivity index (χ1) is 14.5. The number of nitrogens with zero attached hydrogens (tertiary/aromatic N) is 2. The lowest BCUT2D eigenvalue weighted by atomic mass is 10.1. The first kappa shape index (κ1) is 25.3. The van der Waals surface area contributed by atoms with Gasteiger partial charge in [-0.15, -0.1) is 35.3 Å². The summed E-state index contributed by atoms with van der Waals surface area (Å²) in [5, 5.41) is 8.18. The number of carbonyl (C=O) groups is 1. The number of nitrogens with one attached hydrogen (secondary N) is 2. The normalized spacial score (nSPS) is 13.5. The Labute approximate surface area is 202 Å². The molecule has 0 saturated heterocycles. The van der Waals surface area contributed by atoms with E-state index in [1.54, 1.807) is 23.5 Å². The second-order valence-corrected chi connectivity index (χ2v) is 7.97. The minimum Gasteiger partial charge on any atom is -0.434 e. The van der Waals surface area contributed by atoms with Crippen LogP contribution in [0, 0.1) is 6.92 Å². The molecule has 0 radical (unpaired) electrons. The molecule has 3 rings (SSSR count). The van der Waals surface area contributed by atoms with E-state index in [1.807, 2.05) is 18.7 Å². The molecule has 1 aromatic carbocycles. The van der Waals surface area contributed by atoms with Crippen LogP contribution in [-0.2, 0) is 24.3 Å². The standard InChI is InChI=1S/C21H26F2N4O2S.HI/c1-3-24-21(25-11-16-10-14(2)4-5-17(16)29-20(22)23)26-12-19(28)27-8-6-18-15(13-27)7-9-30-18;/h4-5,7,9-10,20H,3,6,8,11-13H2,1-2H3,(H2,24,25,26);1H. The third-order valence-corrected chi connectivity index (χ3v) is 5.77. The van der Waals surface area contributed by atoms with Crippen LogP contribution in [-0.4, -0.2) is 43.0 Å². The minimum absolute atomic E-state index is 0. The Morgan fingerprint density at radius 3 is 2.87 bits per heavy atom. The monoisotopic (exact) mass is 564 g/mol. The molecule has 0 aliphatic carbocycles. The molecule has 0 spiro atoms. The molecule has 0 fully saturated rings. The Morgan fingerprint density at radius 2 is 2.13 bits per heavy atom. The molecule has 31 heavy (non-hydrogen) atoms. The van der Waals surface area contributed by atoms with Gasteiger partial charge in [-0.2, -0.15) is 8.78 Å². The van der Waals surface area contributed by atoms with Crippen LogP contribution in [0.3, 0.4) is 0 Å². The molecule has 1 amide bonds. The predicted octanol–water partition coefficient (Wildman–Crippen LogP) is 3.92. The van der Waals surface area contributed by atoms with Crippen molar-refractivity contribution in [3.05, 3.63) is 51.2 Å². The summed E-state index contributed by atoms with van der Waals surface area (Å²) in [6.45, 7) is 3.10. The van der Waals surface area contributed by atoms with E-state index in [1.165, 1.54) is 16.5 Å². The Balaban J connectivity index is 0.00000341. The number of thiophene rings is 1. The summed E-state index contributed by atoms with van der Waals surface area (Å²) in [4.78, 5) is 20.2. The van der Waals surface area contributed by atoms with Gasteiger partial charge in [0.1, 0.15) is 5.75 Å². The fourth-order valence-corrected chi connectivity index (χ4v) is 4.17. The lowest BCUT2D eigenvalue weighted by molar-refractivity contribution is -0.130. The number of aliphatic imine (C=N–C) groups is 1. The maximum Gasteiger partial charge on any atom is 0.387 e. The summed E-state index contributed by atoms with van der Waals surface area (Å²) < 4.78 is 29.9. The smallest absolute Gasteiger partial charge is 0.387 e. The highest BCUT2D eigenvalue weighted by atomic mass is 127. The Bertz CT molecular complexity index is 907. The van der Waals surface area contributed by atoms with Crippen molar-refractivity contribution in [2.45, 2.75) is 40.0 Å². The number of carbonyl (C=O) groups excluding carboxylic acids is 1. The second-order valence-electron chi connectivity index (χ2n) is 6.97. The minimum atomic E-state index is -2.90. The average Bonchev–Trinajstić information content (AvgIpc) is 3.19. The van der Waals surface area contributed by atoms with Crippen LogP contribution in [0.5, 0.6) is 5.75 Å². The van der Waals surface area contributed by atoms with Crippen LogP contribution in [0.2, 0.25) is 0 Å². The van der Waals surface area contributed by atoms with Gasteiger partial charge in [-0.25, -0.2) is 4.99 Å². The number of rotatable bonds is 7. The summed E-state index contributed by atoms with van der Waals surface area (Å²) in [6, 6.07) is 7.07. The quantitative estimate of drug-likeness (QED) is 0.304. The molecule has 6 nitrogen and oxygen atoms in total. The Hall–Kier alpha value is -1.95. The highest BCUT2D eigenvalue weighted by Crippen LogP contribution is 2.24. The first-order valence-corrected chi connectivity index (χ1v) is 10.7. The van der Waals surface area contributed by atoms with Gasteiger partial charge in [0.2, 0.25) is 5.91 Å². The van der Waals surface area contributed by atoms with Crippen LogP contribution >= 0.6 is 35.3 Å². The molecule has 2 heterocycles. The van der Waals surface area contributed by atoms with Gasteiger partial charge in [0, 0.05) is 30.1 Å². The summed E-state index contributed by atoms with van der Waals surface area (Å²) in [7, 11) is 0. The van der Waals surface area contributed by atoms with E-state index in [0.717, 1.165) is 12.0 Å². The van der Waals surface area contributed by atoms with E-state index in [9.17, 15) is 13.6 Å². The highest BCUT2D eigenvalue weighted by Gasteiger charge is 2.21. The van der Waals surface area contributed by atoms with Crippen molar-refractivity contribution in [3.8, 4) is 5.75 Å². The number of alkyl halides is 2. The third-order valence-electron chi connectivity index (χ3n) is 4.75. The van der Waals surface area contributed by atoms with Crippen LogP contribution < -0.4 is 15.4 Å². The number of amides is 1. The molecule has 10 heteroatoms. The topological polar surface area (TPSA) is 66.0 Å². The van der Waals surface area contributed by atoms with Crippen molar-refractivity contribution in [1.82, 2.24) is 15.5 Å². The fraction of sp³-hybridized carbons (Fsp3) is 0.429. The summed E-state index contributed by atoms with van der Waals surface area (Å²) in [5.74, 6) is 0.546. The average molecular weight is 564 g/mol. The fourth-order valence-electron chi connectivity index (χ4n) is 3.28. The molecule has 0 unspecified atom stereocenters. The number of fused-ring (bicyclic) bond motifs is 1. The molecule has 0 atom stereocenters. The molecule has 1 aliphatic heterocycles. The van der Waals surface area contributed by atoms with Gasteiger partial charge in [0.15, 0.2) is 5.96 Å². The molecule has 1 aliphatic rings. The zero-order valence-electron chi connectivity index (χ0n) is 17.5. The van der Waals surface area contributed by atoms with Crippen molar-refractivity contribution < 1.29 is 18.3 Å². The molecule has 0 bridgehead atoms. The number of halogens is 3. The number of hydrogen-bond donors (Lipinski definition) is 2. The van der Waals surface area contributed by atoms with Crippen molar-refractivity contribution in [1.29, 1.82) is 0 Å². The van der Waals surface area contributed by atoms with E-state index in [0.29, 0.717) is 31.2 Å². The van der Waals surface area contributed by atoms with Gasteiger partial charge in [-0.3, -0.25) is 4.79 Å². The highest BCUT2D eigenvalue weighted by molar-refractivity contribution is 14.0. The number of ether oxygens (including phenoxy) is 1. The lowest BCUT2D eigenvalue weighted by Crippen LogP contribution is -2.45. The van der Waals surface area contributed by atoms with Crippen LogP contribution in [0.4, 0.5) is 8.78 Å². The van der Waals surface area contributed by atoms with Gasteiger partial charge in [0.25, 0.3) is 0 Å². The van der Waals surface area contributed by atoms with Gasteiger partial charge < -0.3 is 20.3 Å². The number of hydrogen-bond acceptors (Lipinski definition) is 4. The van der Waals surface area contributed by atoms with Gasteiger partial charge >= 0.3 is 6.61 Å². The zero-order valence-corrected chi connectivity index (χ0v) is 20.6. The van der Waals surface area contributed by atoms with E-state index < -0.39 is 6.61 Å². The number of benzene rings is 1. The van der Waals surface area contributed by atoms with E-state index in [-0.39, 0.29) is 48.7 Å². The zero-order chi connectivity index (χ0) is 21.5. The van der Waals surface area contributed by atoms with Gasteiger partial charge in [0.05, 0.1) is 13.1 Å². The Morgan fingerprint density at radius 1 is 1.32 bits per heavy atom. The SMILES string of the molecule is CCNC(=NCc1cc(C)ccc1OC(F)F)NCC(=O)N1CCc2sccc2C1.I. The number of aryl methyl sites for hydroxylation is 1. The van der Waals surface area contributed by atoms with Crippen LogP contribution in [0.15, 0.2) is 34.6 Å². The molecular formula is C21H27F2IN4O2S. The number of guanidine groups is 1. The largest absolute Gasteiger partial charge is 0.434 e. The van der Waals surface area contributed by atoms with E-state index in [2.05, 4.69) is 31.8 Å². The molecule has 170 valence electrons.